The predicted molar refractivity (Wildman–Crippen MR) is 90.1 cm³/mol. The number of nitrogens with one attached hydrogen (secondary N) is 1. The third-order valence-electron chi connectivity index (χ3n) is 4.38. The van der Waals surface area contributed by atoms with Crippen molar-refractivity contribution in [3.05, 3.63) is 51.0 Å². The topological polar surface area (TPSA) is 24.9 Å². The second-order valence-corrected chi connectivity index (χ2v) is 7.26. The summed E-state index contributed by atoms with van der Waals surface area (Å²) < 4.78 is 0. The van der Waals surface area contributed by atoms with Gasteiger partial charge < -0.3 is 5.32 Å². The minimum absolute atomic E-state index is 0.453. The van der Waals surface area contributed by atoms with Crippen LogP contribution in [0.15, 0.2) is 24.3 Å². The molecule has 1 aliphatic rings. The van der Waals surface area contributed by atoms with Crippen molar-refractivity contribution in [2.45, 2.75) is 52.0 Å². The van der Waals surface area contributed by atoms with Gasteiger partial charge in [0.15, 0.2) is 0 Å². The van der Waals surface area contributed by atoms with Crippen LogP contribution in [0.4, 0.5) is 0 Å². The van der Waals surface area contributed by atoms with Crippen LogP contribution in [0.2, 0.25) is 0 Å². The summed E-state index contributed by atoms with van der Waals surface area (Å²) in [5.41, 5.74) is 4.30. The van der Waals surface area contributed by atoms with E-state index < -0.39 is 0 Å². The Kier molecular flexibility index (Phi) is 4.41. The number of rotatable bonds is 6. The normalized spacial score (nSPS) is 18.1. The summed E-state index contributed by atoms with van der Waals surface area (Å²) in [6, 6.07) is 9.34. The van der Waals surface area contributed by atoms with Gasteiger partial charge in [-0.25, -0.2) is 4.98 Å². The van der Waals surface area contributed by atoms with E-state index in [-0.39, 0.29) is 0 Å². The number of aromatic nitrogens is 1. The second-order valence-electron chi connectivity index (χ2n) is 6.02. The summed E-state index contributed by atoms with van der Waals surface area (Å²) in [7, 11) is 0. The molecule has 1 aromatic heterocycles. The van der Waals surface area contributed by atoms with Gasteiger partial charge in [0.05, 0.1) is 10.7 Å². The maximum Gasteiger partial charge on any atom is 0.0900 e. The van der Waals surface area contributed by atoms with Crippen molar-refractivity contribution in [1.29, 1.82) is 0 Å². The van der Waals surface area contributed by atoms with Crippen molar-refractivity contribution >= 4 is 11.3 Å². The Morgan fingerprint density at radius 3 is 2.81 bits per heavy atom. The van der Waals surface area contributed by atoms with E-state index in [1.54, 1.807) is 5.56 Å². The zero-order chi connectivity index (χ0) is 14.8. The summed E-state index contributed by atoms with van der Waals surface area (Å²) in [6.07, 6.45) is 3.60. The highest BCUT2D eigenvalue weighted by Gasteiger charge is 2.29. The Labute approximate surface area is 131 Å². The fourth-order valence-electron chi connectivity index (χ4n) is 3.33. The zero-order valence-electron chi connectivity index (χ0n) is 13.1. The summed E-state index contributed by atoms with van der Waals surface area (Å²) >= 11 is 1.86. The Morgan fingerprint density at radius 2 is 2.14 bits per heavy atom. The van der Waals surface area contributed by atoms with Crippen LogP contribution >= 0.6 is 11.3 Å². The largest absolute Gasteiger partial charge is 0.309 e. The molecule has 112 valence electrons. The van der Waals surface area contributed by atoms with E-state index in [1.165, 1.54) is 40.4 Å². The summed E-state index contributed by atoms with van der Waals surface area (Å²) in [5, 5.41) is 4.92. The van der Waals surface area contributed by atoms with E-state index in [9.17, 15) is 0 Å². The fraction of sp³-hybridized carbons (Fsp3) is 0.500. The van der Waals surface area contributed by atoms with Crippen LogP contribution in [0, 0.1) is 13.8 Å². The van der Waals surface area contributed by atoms with Gasteiger partial charge >= 0.3 is 0 Å². The molecule has 1 heterocycles. The van der Waals surface area contributed by atoms with Crippen molar-refractivity contribution in [1.82, 2.24) is 10.3 Å². The van der Waals surface area contributed by atoms with Crippen molar-refractivity contribution in [3.8, 4) is 0 Å². The van der Waals surface area contributed by atoms with E-state index in [2.05, 4.69) is 55.3 Å². The van der Waals surface area contributed by atoms with Crippen LogP contribution in [0.5, 0.6) is 0 Å². The van der Waals surface area contributed by atoms with Gasteiger partial charge in [-0.1, -0.05) is 31.2 Å². The van der Waals surface area contributed by atoms with Gasteiger partial charge in [0.25, 0.3) is 0 Å². The van der Waals surface area contributed by atoms with E-state index in [1.807, 2.05) is 11.3 Å². The Bertz CT molecular complexity index is 617. The lowest BCUT2D eigenvalue weighted by atomic mass is 9.74. The summed E-state index contributed by atoms with van der Waals surface area (Å²) in [6.45, 7) is 7.56. The fourth-order valence-corrected chi connectivity index (χ4v) is 4.35. The number of hydrogen-bond donors (Lipinski definition) is 1. The molecule has 3 rings (SSSR count). The lowest BCUT2D eigenvalue weighted by Gasteiger charge is -2.33. The molecule has 1 aromatic carbocycles. The molecule has 2 aromatic rings. The van der Waals surface area contributed by atoms with Gasteiger partial charge in [-0.2, -0.15) is 0 Å². The molecule has 3 heteroatoms. The van der Waals surface area contributed by atoms with Gasteiger partial charge in [0.1, 0.15) is 0 Å². The van der Waals surface area contributed by atoms with Crippen molar-refractivity contribution in [2.75, 3.05) is 6.54 Å². The Hall–Kier alpha value is -1.19. The highest BCUT2D eigenvalue weighted by atomic mass is 32.1. The van der Waals surface area contributed by atoms with E-state index >= 15 is 0 Å². The van der Waals surface area contributed by atoms with E-state index in [4.69, 9.17) is 0 Å². The van der Waals surface area contributed by atoms with Crippen LogP contribution in [0.25, 0.3) is 0 Å². The van der Waals surface area contributed by atoms with Gasteiger partial charge in [-0.15, -0.1) is 11.3 Å². The van der Waals surface area contributed by atoms with Gasteiger partial charge in [-0.05, 0) is 56.7 Å². The highest BCUT2D eigenvalue weighted by Crippen LogP contribution is 2.42. The van der Waals surface area contributed by atoms with Crippen LogP contribution in [-0.2, 0) is 6.42 Å². The van der Waals surface area contributed by atoms with Crippen molar-refractivity contribution < 1.29 is 0 Å². The number of nitrogens with zero attached hydrogens (tertiary/aromatic N) is 1. The SMILES string of the molecule is CCCNC(CC1Cc2ccccc21)c1sc(C)nc1C. The molecule has 2 atom stereocenters. The third-order valence-corrected chi connectivity index (χ3v) is 5.56. The van der Waals surface area contributed by atoms with Crippen molar-refractivity contribution in [2.24, 2.45) is 0 Å². The summed E-state index contributed by atoms with van der Waals surface area (Å²) in [5.74, 6) is 0.706. The standard InChI is InChI=1S/C18H24N2S/c1-4-9-19-17(18-12(2)20-13(3)21-18)11-15-10-14-7-5-6-8-16(14)15/h5-8,15,17,19H,4,9-11H2,1-3H3. The monoisotopic (exact) mass is 300 g/mol. The van der Waals surface area contributed by atoms with Gasteiger partial charge in [0.2, 0.25) is 0 Å². The molecule has 0 saturated carbocycles. The highest BCUT2D eigenvalue weighted by molar-refractivity contribution is 7.11. The number of thiazole rings is 1. The average Bonchev–Trinajstić information content (AvgIpc) is 2.78. The molecule has 0 fully saturated rings. The smallest absolute Gasteiger partial charge is 0.0900 e. The molecule has 21 heavy (non-hydrogen) atoms. The molecule has 0 amide bonds. The van der Waals surface area contributed by atoms with Gasteiger partial charge in [-0.3, -0.25) is 0 Å². The van der Waals surface area contributed by atoms with E-state index in [0.29, 0.717) is 12.0 Å². The molecule has 1 N–H and O–H groups in total. The number of hydrogen-bond acceptors (Lipinski definition) is 3. The second kappa shape index (κ2) is 6.29. The first-order chi connectivity index (χ1) is 10.2. The molecule has 0 spiro atoms. The maximum atomic E-state index is 4.61. The Balaban J connectivity index is 1.76. The van der Waals surface area contributed by atoms with Crippen LogP contribution in [-0.4, -0.2) is 11.5 Å². The molecular weight excluding hydrogens is 276 g/mol. The lowest BCUT2D eigenvalue weighted by molar-refractivity contribution is 0.431. The minimum Gasteiger partial charge on any atom is -0.309 e. The quantitative estimate of drug-likeness (QED) is 0.847. The molecular formula is C18H24N2S. The first-order valence-corrected chi connectivity index (χ1v) is 8.75. The number of benzene rings is 1. The van der Waals surface area contributed by atoms with Crippen LogP contribution in [0.3, 0.4) is 0 Å². The molecule has 0 saturated heterocycles. The van der Waals surface area contributed by atoms with E-state index in [0.717, 1.165) is 6.54 Å². The first-order valence-electron chi connectivity index (χ1n) is 7.94. The first kappa shape index (κ1) is 14.7. The summed E-state index contributed by atoms with van der Waals surface area (Å²) in [4.78, 5) is 6.05. The molecule has 0 radical (unpaired) electrons. The number of fused-ring (bicyclic) bond motifs is 1. The predicted octanol–water partition coefficient (Wildman–Crippen LogP) is 4.53. The van der Waals surface area contributed by atoms with Crippen LogP contribution < -0.4 is 5.32 Å². The number of aryl methyl sites for hydroxylation is 2. The van der Waals surface area contributed by atoms with Gasteiger partial charge in [0, 0.05) is 10.9 Å². The maximum absolute atomic E-state index is 4.61. The lowest BCUT2D eigenvalue weighted by Crippen LogP contribution is -2.27. The molecule has 2 unspecified atom stereocenters. The molecule has 0 aliphatic heterocycles. The van der Waals surface area contributed by atoms with Crippen molar-refractivity contribution in [3.63, 3.8) is 0 Å². The average molecular weight is 300 g/mol. The zero-order valence-corrected chi connectivity index (χ0v) is 14.0. The Morgan fingerprint density at radius 1 is 1.33 bits per heavy atom. The molecule has 2 nitrogen and oxygen atoms in total. The third kappa shape index (κ3) is 3.04. The molecule has 0 bridgehead atoms. The minimum atomic E-state index is 0.453. The molecule has 1 aliphatic carbocycles. The van der Waals surface area contributed by atoms with Crippen LogP contribution in [0.1, 0.15) is 58.4 Å².